The maximum atomic E-state index is 9.28. The molecule has 0 atom stereocenters. The molecular formula is C23H27N7O. The molecule has 1 aliphatic rings. The van der Waals surface area contributed by atoms with Crippen molar-refractivity contribution in [2.45, 2.75) is 20.4 Å². The lowest BCUT2D eigenvalue weighted by Gasteiger charge is -2.35. The van der Waals surface area contributed by atoms with Gasteiger partial charge in [0.2, 0.25) is 0 Å². The molecule has 8 heteroatoms. The Bertz CT molecular complexity index is 1120. The number of rotatable bonds is 6. The summed E-state index contributed by atoms with van der Waals surface area (Å²) in [5.74, 6) is 1.64. The summed E-state index contributed by atoms with van der Waals surface area (Å²) in [5.41, 5.74) is 3.56. The molecule has 2 aromatic heterocycles. The van der Waals surface area contributed by atoms with E-state index in [1.807, 2.05) is 38.2 Å². The lowest BCUT2D eigenvalue weighted by Crippen LogP contribution is -2.47. The van der Waals surface area contributed by atoms with Gasteiger partial charge >= 0.3 is 0 Å². The number of aliphatic hydroxyl groups excluding tert-OH is 1. The van der Waals surface area contributed by atoms with Crippen LogP contribution < -0.4 is 10.2 Å². The van der Waals surface area contributed by atoms with Crippen molar-refractivity contribution >= 4 is 22.4 Å². The molecule has 1 saturated heterocycles. The summed E-state index contributed by atoms with van der Waals surface area (Å²) < 4.78 is 0. The fraction of sp³-hybridized carbons (Fsp3) is 0.391. The van der Waals surface area contributed by atoms with Gasteiger partial charge in [-0.15, -0.1) is 5.10 Å². The largest absolute Gasteiger partial charge is 0.395 e. The first-order valence-electron chi connectivity index (χ1n) is 10.5. The third-order valence-electron chi connectivity index (χ3n) is 5.96. The first kappa shape index (κ1) is 21.0. The van der Waals surface area contributed by atoms with Crippen molar-refractivity contribution in [1.29, 1.82) is 5.26 Å². The molecule has 0 aliphatic carbocycles. The fourth-order valence-corrected chi connectivity index (χ4v) is 3.98. The average molecular weight is 418 g/mol. The van der Waals surface area contributed by atoms with Crippen LogP contribution in [0.2, 0.25) is 0 Å². The van der Waals surface area contributed by atoms with Gasteiger partial charge in [0.15, 0.2) is 5.82 Å². The Labute approximate surface area is 182 Å². The Hall–Kier alpha value is -3.28. The minimum absolute atomic E-state index is 0.192. The van der Waals surface area contributed by atoms with Crippen LogP contribution in [-0.2, 0) is 6.54 Å². The Kier molecular flexibility index (Phi) is 6.26. The summed E-state index contributed by atoms with van der Waals surface area (Å²) in [4.78, 5) is 9.22. The molecular weight excluding hydrogens is 390 g/mol. The number of aromatic nitrogens is 3. The summed E-state index contributed by atoms with van der Waals surface area (Å²) in [6.45, 7) is 8.94. The van der Waals surface area contributed by atoms with Gasteiger partial charge in [-0.25, -0.2) is 4.98 Å². The van der Waals surface area contributed by atoms with Gasteiger partial charge < -0.3 is 15.3 Å². The van der Waals surface area contributed by atoms with Crippen molar-refractivity contribution in [2.75, 3.05) is 49.5 Å². The first-order chi connectivity index (χ1) is 15.1. The maximum absolute atomic E-state index is 9.28. The van der Waals surface area contributed by atoms with E-state index in [1.54, 1.807) is 0 Å². The van der Waals surface area contributed by atoms with Crippen LogP contribution in [0.1, 0.15) is 22.4 Å². The lowest BCUT2D eigenvalue weighted by molar-refractivity contribution is 0.188. The van der Waals surface area contributed by atoms with E-state index in [0.29, 0.717) is 24.5 Å². The maximum Gasteiger partial charge on any atom is 0.157 e. The van der Waals surface area contributed by atoms with Gasteiger partial charge in [-0.3, -0.25) is 4.90 Å². The number of pyridine rings is 1. The number of nitrogens with one attached hydrogen (secondary N) is 1. The van der Waals surface area contributed by atoms with E-state index in [1.165, 1.54) is 0 Å². The van der Waals surface area contributed by atoms with Gasteiger partial charge in [0.1, 0.15) is 5.82 Å². The molecule has 1 aromatic carbocycles. The predicted molar refractivity (Wildman–Crippen MR) is 121 cm³/mol. The number of benzene rings is 1. The van der Waals surface area contributed by atoms with E-state index in [9.17, 15) is 5.26 Å². The van der Waals surface area contributed by atoms with E-state index >= 15 is 0 Å². The van der Waals surface area contributed by atoms with Gasteiger partial charge in [0, 0.05) is 56.2 Å². The molecule has 4 rings (SSSR count). The SMILES string of the molecule is Cc1c(C#N)cccc1CNc1nnc(C)c2cnc(N3CCN(CCO)CC3)cc12. The van der Waals surface area contributed by atoms with E-state index in [-0.39, 0.29) is 6.61 Å². The quantitative estimate of drug-likeness (QED) is 0.630. The molecule has 3 aromatic rings. The zero-order chi connectivity index (χ0) is 21.8. The molecule has 160 valence electrons. The van der Waals surface area contributed by atoms with Crippen molar-refractivity contribution in [3.05, 3.63) is 52.8 Å². The van der Waals surface area contributed by atoms with Gasteiger partial charge in [0.25, 0.3) is 0 Å². The standard InChI is InChI=1S/C23H27N7O/c1-16-18(13-24)4-3-5-19(16)14-26-23-20-12-22(25-15-21(20)17(2)27-28-23)30-8-6-29(7-9-30)10-11-31/h3-5,12,15,31H,6-11,14H2,1-2H3,(H,26,28). The number of aryl methyl sites for hydroxylation is 1. The zero-order valence-electron chi connectivity index (χ0n) is 18.0. The molecule has 3 heterocycles. The highest BCUT2D eigenvalue weighted by Crippen LogP contribution is 2.27. The average Bonchev–Trinajstić information content (AvgIpc) is 2.80. The van der Waals surface area contributed by atoms with E-state index in [0.717, 1.165) is 59.6 Å². The number of β-amino-alcohol motifs (C(OH)–C–C–N with tert-alkyl or cyclic N) is 1. The van der Waals surface area contributed by atoms with E-state index in [2.05, 4.69) is 42.4 Å². The second-order valence-electron chi connectivity index (χ2n) is 7.83. The highest BCUT2D eigenvalue weighted by atomic mass is 16.3. The summed E-state index contributed by atoms with van der Waals surface area (Å²) in [6, 6.07) is 10.1. The van der Waals surface area contributed by atoms with Gasteiger partial charge in [-0.05, 0) is 37.1 Å². The Morgan fingerprint density at radius 2 is 1.94 bits per heavy atom. The minimum Gasteiger partial charge on any atom is -0.395 e. The van der Waals surface area contributed by atoms with Crippen LogP contribution in [0, 0.1) is 25.2 Å². The Morgan fingerprint density at radius 1 is 1.13 bits per heavy atom. The van der Waals surface area contributed by atoms with Crippen molar-refractivity contribution in [2.24, 2.45) is 0 Å². The van der Waals surface area contributed by atoms with Gasteiger partial charge in [-0.1, -0.05) is 12.1 Å². The molecule has 0 saturated carbocycles. The van der Waals surface area contributed by atoms with Crippen molar-refractivity contribution < 1.29 is 5.11 Å². The van der Waals surface area contributed by atoms with Crippen LogP contribution >= 0.6 is 0 Å². The third-order valence-corrected chi connectivity index (χ3v) is 5.96. The molecule has 31 heavy (non-hydrogen) atoms. The first-order valence-corrected chi connectivity index (χ1v) is 10.5. The molecule has 8 nitrogen and oxygen atoms in total. The molecule has 1 aliphatic heterocycles. The van der Waals surface area contributed by atoms with Crippen LogP contribution in [0.3, 0.4) is 0 Å². The van der Waals surface area contributed by atoms with Crippen LogP contribution in [0.25, 0.3) is 10.8 Å². The molecule has 0 unspecified atom stereocenters. The van der Waals surface area contributed by atoms with Crippen LogP contribution in [-0.4, -0.2) is 64.5 Å². The Morgan fingerprint density at radius 3 is 2.68 bits per heavy atom. The molecule has 0 spiro atoms. The molecule has 1 fully saturated rings. The zero-order valence-corrected chi connectivity index (χ0v) is 18.0. The number of nitrogens with zero attached hydrogens (tertiary/aromatic N) is 6. The van der Waals surface area contributed by atoms with E-state index < -0.39 is 0 Å². The van der Waals surface area contributed by atoms with Crippen LogP contribution in [0.4, 0.5) is 11.6 Å². The number of piperazine rings is 1. The molecule has 2 N–H and O–H groups in total. The van der Waals surface area contributed by atoms with Crippen molar-refractivity contribution in [3.63, 3.8) is 0 Å². The lowest BCUT2D eigenvalue weighted by atomic mass is 10.0. The number of hydrogen-bond acceptors (Lipinski definition) is 8. The number of fused-ring (bicyclic) bond motifs is 1. The fourth-order valence-electron chi connectivity index (χ4n) is 3.98. The Balaban J connectivity index is 1.59. The second kappa shape index (κ2) is 9.25. The number of anilines is 2. The predicted octanol–water partition coefficient (Wildman–Crippen LogP) is 2.24. The van der Waals surface area contributed by atoms with Crippen LogP contribution in [0.5, 0.6) is 0 Å². The highest BCUT2D eigenvalue weighted by molar-refractivity contribution is 5.94. The van der Waals surface area contributed by atoms with Gasteiger partial charge in [-0.2, -0.15) is 10.4 Å². The second-order valence-corrected chi connectivity index (χ2v) is 7.83. The number of hydrogen-bond donors (Lipinski definition) is 2. The topological polar surface area (TPSA) is 101 Å². The van der Waals surface area contributed by atoms with Crippen LogP contribution in [0.15, 0.2) is 30.5 Å². The molecule has 0 amide bonds. The van der Waals surface area contributed by atoms with Crippen molar-refractivity contribution in [3.8, 4) is 6.07 Å². The van der Waals surface area contributed by atoms with Gasteiger partial charge in [0.05, 0.1) is 23.9 Å². The summed E-state index contributed by atoms with van der Waals surface area (Å²) >= 11 is 0. The van der Waals surface area contributed by atoms with Crippen molar-refractivity contribution in [1.82, 2.24) is 20.1 Å². The van der Waals surface area contributed by atoms with E-state index in [4.69, 9.17) is 5.11 Å². The minimum atomic E-state index is 0.192. The summed E-state index contributed by atoms with van der Waals surface area (Å²) in [6.07, 6.45) is 1.88. The normalized spacial score (nSPS) is 14.6. The molecule has 0 bridgehead atoms. The summed E-state index contributed by atoms with van der Waals surface area (Å²) in [7, 11) is 0. The highest BCUT2D eigenvalue weighted by Gasteiger charge is 2.19. The third kappa shape index (κ3) is 4.43. The smallest absolute Gasteiger partial charge is 0.157 e. The summed E-state index contributed by atoms with van der Waals surface area (Å²) in [5, 5.41) is 32.5. The number of nitriles is 1. The number of aliphatic hydroxyl groups is 1. The molecule has 0 radical (unpaired) electrons. The monoisotopic (exact) mass is 417 g/mol.